The average Bonchev–Trinajstić information content (AvgIpc) is 3.15. The van der Waals surface area contributed by atoms with Gasteiger partial charge < -0.3 is 14.5 Å². The van der Waals surface area contributed by atoms with E-state index < -0.39 is 0 Å². The summed E-state index contributed by atoms with van der Waals surface area (Å²) in [5.41, 5.74) is 0.729. The maximum atomic E-state index is 12.9. The number of aryl methyl sites for hydroxylation is 1. The van der Waals surface area contributed by atoms with Crippen molar-refractivity contribution in [3.05, 3.63) is 60.6 Å². The Balaban J connectivity index is 1.38. The van der Waals surface area contributed by atoms with E-state index in [1.165, 1.54) is 0 Å². The fourth-order valence-electron chi connectivity index (χ4n) is 3.43. The van der Waals surface area contributed by atoms with Crippen LogP contribution in [0, 0.1) is 6.92 Å². The number of pyridine rings is 1. The van der Waals surface area contributed by atoms with Crippen LogP contribution in [-0.4, -0.2) is 38.6 Å². The highest BCUT2D eigenvalue weighted by molar-refractivity contribution is 5.94. The second kappa shape index (κ2) is 8.83. The normalized spacial score (nSPS) is 17.1. The predicted octanol–water partition coefficient (Wildman–Crippen LogP) is 3.56. The summed E-state index contributed by atoms with van der Waals surface area (Å²) < 4.78 is 11.2. The zero-order valence-corrected chi connectivity index (χ0v) is 16.2. The number of benzene rings is 1. The van der Waals surface area contributed by atoms with Crippen LogP contribution in [0.5, 0.6) is 11.5 Å². The van der Waals surface area contributed by atoms with E-state index in [0.29, 0.717) is 29.8 Å². The first-order valence-electron chi connectivity index (χ1n) is 9.69. The van der Waals surface area contributed by atoms with Crippen molar-refractivity contribution < 1.29 is 13.9 Å². The minimum atomic E-state index is -0.220. The number of rotatable bonds is 6. The Morgan fingerprint density at radius 3 is 2.79 bits per heavy atom. The van der Waals surface area contributed by atoms with Crippen LogP contribution < -0.4 is 10.1 Å². The van der Waals surface area contributed by atoms with E-state index in [0.717, 1.165) is 31.5 Å². The molecule has 1 N–H and O–H groups in total. The first-order chi connectivity index (χ1) is 14.2. The van der Waals surface area contributed by atoms with E-state index in [4.69, 9.17) is 9.15 Å². The lowest BCUT2D eigenvalue weighted by Crippen LogP contribution is -2.46. The molecule has 2 aromatic heterocycles. The molecule has 1 amide bonds. The van der Waals surface area contributed by atoms with E-state index >= 15 is 0 Å². The zero-order chi connectivity index (χ0) is 20.1. The number of piperidine rings is 1. The van der Waals surface area contributed by atoms with Crippen molar-refractivity contribution in [2.24, 2.45) is 0 Å². The van der Waals surface area contributed by atoms with Crippen LogP contribution in [0.25, 0.3) is 0 Å². The van der Waals surface area contributed by atoms with Crippen molar-refractivity contribution in [2.75, 3.05) is 11.9 Å². The van der Waals surface area contributed by atoms with Crippen molar-refractivity contribution in [1.29, 1.82) is 0 Å². The summed E-state index contributed by atoms with van der Waals surface area (Å²) in [5, 5.41) is 10.9. The highest BCUT2D eigenvalue weighted by atomic mass is 16.5. The molecule has 29 heavy (non-hydrogen) atoms. The second-order valence-electron chi connectivity index (χ2n) is 7.00. The molecule has 4 rings (SSSR count). The number of hydrogen-bond acceptors (Lipinski definition) is 7. The van der Waals surface area contributed by atoms with E-state index in [9.17, 15) is 4.79 Å². The van der Waals surface area contributed by atoms with Gasteiger partial charge in [0.05, 0.1) is 18.8 Å². The molecule has 1 aromatic carbocycles. The number of carbonyl (C=O) groups excluding carboxylic acids is 1. The molecule has 0 bridgehead atoms. The largest absolute Gasteiger partial charge is 0.456 e. The van der Waals surface area contributed by atoms with Gasteiger partial charge in [-0.25, -0.2) is 0 Å². The molecule has 1 aliphatic rings. The third-order valence-electron chi connectivity index (χ3n) is 4.81. The van der Waals surface area contributed by atoms with E-state index in [1.54, 1.807) is 19.3 Å². The van der Waals surface area contributed by atoms with Crippen LogP contribution >= 0.6 is 0 Å². The topological polar surface area (TPSA) is 93.4 Å². The number of ether oxygens (including phenoxy) is 1. The molecule has 0 radical (unpaired) electrons. The summed E-state index contributed by atoms with van der Waals surface area (Å²) in [6.45, 7) is 3.08. The molecule has 0 saturated carbocycles. The lowest BCUT2D eigenvalue weighted by Gasteiger charge is -2.33. The average molecular weight is 393 g/mol. The zero-order valence-electron chi connectivity index (χ0n) is 16.2. The van der Waals surface area contributed by atoms with Crippen molar-refractivity contribution in [3.63, 3.8) is 0 Å². The van der Waals surface area contributed by atoms with Crippen LogP contribution in [0.1, 0.15) is 31.0 Å². The van der Waals surface area contributed by atoms with Gasteiger partial charge in [0.1, 0.15) is 11.5 Å². The molecule has 1 fully saturated rings. The summed E-state index contributed by atoms with van der Waals surface area (Å²) in [6.07, 6.45) is 6.23. The molecule has 0 spiro atoms. The van der Waals surface area contributed by atoms with E-state index in [-0.39, 0.29) is 11.9 Å². The molecule has 1 aliphatic heterocycles. The standard InChI is InChI=1S/C21H23N5O3/c1-15-24-25-20(28-15)14-26-12-3-2-6-19(26)21(27)23-16-7-9-17(10-8-16)29-18-5-4-11-22-13-18/h4-5,7-11,13,19H,2-3,6,12,14H2,1H3,(H,23,27)/t19-/m0/s1. The first kappa shape index (κ1) is 19.1. The SMILES string of the molecule is Cc1nnc(CN2CCCC[C@H]2C(=O)Nc2ccc(Oc3cccnc3)cc2)o1. The van der Waals surface area contributed by atoms with Gasteiger partial charge in [-0.05, 0) is 55.8 Å². The molecule has 1 atom stereocenters. The van der Waals surface area contributed by atoms with Gasteiger partial charge in [-0.3, -0.25) is 14.7 Å². The van der Waals surface area contributed by atoms with Crippen molar-refractivity contribution in [1.82, 2.24) is 20.1 Å². The van der Waals surface area contributed by atoms with Gasteiger partial charge in [-0.15, -0.1) is 10.2 Å². The molecule has 8 nitrogen and oxygen atoms in total. The van der Waals surface area contributed by atoms with Gasteiger partial charge in [-0.2, -0.15) is 0 Å². The number of nitrogens with zero attached hydrogens (tertiary/aromatic N) is 4. The maximum absolute atomic E-state index is 12.9. The highest BCUT2D eigenvalue weighted by Gasteiger charge is 2.29. The minimum absolute atomic E-state index is 0.0261. The molecular formula is C21H23N5O3. The number of aromatic nitrogens is 3. The number of hydrogen-bond donors (Lipinski definition) is 1. The molecule has 8 heteroatoms. The second-order valence-corrected chi connectivity index (χ2v) is 7.00. The lowest BCUT2D eigenvalue weighted by molar-refractivity contribution is -0.122. The van der Waals surface area contributed by atoms with Gasteiger partial charge in [0.2, 0.25) is 17.7 Å². The first-order valence-corrected chi connectivity index (χ1v) is 9.69. The van der Waals surface area contributed by atoms with Crippen molar-refractivity contribution >= 4 is 11.6 Å². The maximum Gasteiger partial charge on any atom is 0.241 e. The Morgan fingerprint density at radius 2 is 2.07 bits per heavy atom. The molecule has 3 aromatic rings. The fourth-order valence-corrected chi connectivity index (χ4v) is 3.43. The van der Waals surface area contributed by atoms with Crippen LogP contribution in [-0.2, 0) is 11.3 Å². The van der Waals surface area contributed by atoms with Crippen molar-refractivity contribution in [2.45, 2.75) is 38.8 Å². The quantitative estimate of drug-likeness (QED) is 0.684. The smallest absolute Gasteiger partial charge is 0.241 e. The van der Waals surface area contributed by atoms with Crippen LogP contribution in [0.3, 0.4) is 0 Å². The molecule has 1 saturated heterocycles. The monoisotopic (exact) mass is 393 g/mol. The fraction of sp³-hybridized carbons (Fsp3) is 0.333. The Kier molecular flexibility index (Phi) is 5.81. The summed E-state index contributed by atoms with van der Waals surface area (Å²) in [4.78, 5) is 19.0. The van der Waals surface area contributed by atoms with Gasteiger partial charge >= 0.3 is 0 Å². The number of nitrogens with one attached hydrogen (secondary N) is 1. The number of anilines is 1. The molecular weight excluding hydrogens is 370 g/mol. The van der Waals surface area contributed by atoms with Crippen LogP contribution in [0.2, 0.25) is 0 Å². The van der Waals surface area contributed by atoms with Crippen LogP contribution in [0.4, 0.5) is 5.69 Å². The molecule has 150 valence electrons. The summed E-state index contributed by atoms with van der Waals surface area (Å²) in [5.74, 6) is 2.40. The van der Waals surface area contributed by atoms with Gasteiger partial charge in [0.25, 0.3) is 0 Å². The molecule has 3 heterocycles. The summed E-state index contributed by atoms with van der Waals surface area (Å²) in [7, 11) is 0. The number of likely N-dealkylation sites (tertiary alicyclic amines) is 1. The Morgan fingerprint density at radius 1 is 1.21 bits per heavy atom. The number of carbonyl (C=O) groups is 1. The van der Waals surface area contributed by atoms with Gasteiger partial charge in [-0.1, -0.05) is 6.42 Å². The minimum Gasteiger partial charge on any atom is -0.456 e. The molecule has 0 aliphatic carbocycles. The third kappa shape index (κ3) is 4.97. The molecule has 0 unspecified atom stereocenters. The number of amides is 1. The van der Waals surface area contributed by atoms with Gasteiger partial charge in [0, 0.05) is 18.8 Å². The van der Waals surface area contributed by atoms with E-state index in [1.807, 2.05) is 36.4 Å². The van der Waals surface area contributed by atoms with E-state index in [2.05, 4.69) is 25.4 Å². The predicted molar refractivity (Wildman–Crippen MR) is 106 cm³/mol. The Labute approximate surface area is 168 Å². The lowest BCUT2D eigenvalue weighted by atomic mass is 10.0. The summed E-state index contributed by atoms with van der Waals surface area (Å²) in [6, 6.07) is 10.7. The third-order valence-corrected chi connectivity index (χ3v) is 4.81. The van der Waals surface area contributed by atoms with Crippen LogP contribution in [0.15, 0.2) is 53.2 Å². The van der Waals surface area contributed by atoms with Crippen molar-refractivity contribution in [3.8, 4) is 11.5 Å². The Hall–Kier alpha value is -3.26. The Bertz CT molecular complexity index is 942. The summed E-state index contributed by atoms with van der Waals surface area (Å²) >= 11 is 0. The highest BCUT2D eigenvalue weighted by Crippen LogP contribution is 2.24. The van der Waals surface area contributed by atoms with Gasteiger partial charge in [0.15, 0.2) is 0 Å².